The SMILES string of the molecule is CCCCCCC([O])c1ccc(Cl)cc1. The van der Waals surface area contributed by atoms with Gasteiger partial charge in [0, 0.05) is 5.02 Å². The molecule has 1 aromatic carbocycles. The van der Waals surface area contributed by atoms with Gasteiger partial charge in [-0.2, -0.15) is 0 Å². The molecule has 0 aliphatic heterocycles. The molecule has 1 aromatic rings. The molecule has 0 amide bonds. The van der Waals surface area contributed by atoms with Gasteiger partial charge >= 0.3 is 0 Å². The van der Waals surface area contributed by atoms with Gasteiger partial charge in [0.05, 0.1) is 0 Å². The highest BCUT2D eigenvalue weighted by Gasteiger charge is 2.08. The Morgan fingerprint density at radius 2 is 1.80 bits per heavy atom. The minimum atomic E-state index is -0.584. The number of hydrogen-bond donors (Lipinski definition) is 0. The molecule has 1 rings (SSSR count). The maximum absolute atomic E-state index is 11.8. The molecular weight excluding hydrogens is 208 g/mol. The van der Waals surface area contributed by atoms with Gasteiger partial charge in [-0.15, -0.1) is 0 Å². The van der Waals surface area contributed by atoms with E-state index in [4.69, 9.17) is 11.6 Å². The van der Waals surface area contributed by atoms with Gasteiger partial charge in [0.15, 0.2) is 0 Å². The van der Waals surface area contributed by atoms with Crippen LogP contribution >= 0.6 is 11.6 Å². The highest BCUT2D eigenvalue weighted by molar-refractivity contribution is 6.30. The van der Waals surface area contributed by atoms with Crippen molar-refractivity contribution in [2.75, 3.05) is 0 Å². The van der Waals surface area contributed by atoms with Crippen LogP contribution in [0.1, 0.15) is 50.7 Å². The second kappa shape index (κ2) is 6.86. The lowest BCUT2D eigenvalue weighted by molar-refractivity contribution is 0.0786. The zero-order valence-corrected chi connectivity index (χ0v) is 9.96. The number of hydrogen-bond acceptors (Lipinski definition) is 0. The Morgan fingerprint density at radius 3 is 2.40 bits per heavy atom. The number of halogens is 1. The lowest BCUT2D eigenvalue weighted by atomic mass is 10.0. The van der Waals surface area contributed by atoms with E-state index in [2.05, 4.69) is 6.92 Å². The molecule has 0 aliphatic rings. The van der Waals surface area contributed by atoms with Crippen molar-refractivity contribution in [1.82, 2.24) is 0 Å². The second-order valence-electron chi connectivity index (χ2n) is 3.89. The van der Waals surface area contributed by atoms with E-state index >= 15 is 0 Å². The minimum absolute atomic E-state index is 0.584. The molecule has 1 nitrogen and oxygen atoms in total. The second-order valence-corrected chi connectivity index (χ2v) is 4.33. The molecule has 1 unspecified atom stereocenters. The molecule has 0 aromatic heterocycles. The van der Waals surface area contributed by atoms with Crippen LogP contribution in [0.4, 0.5) is 0 Å². The van der Waals surface area contributed by atoms with Gasteiger partial charge in [0.1, 0.15) is 6.10 Å². The first-order chi connectivity index (χ1) is 7.24. The van der Waals surface area contributed by atoms with Crippen molar-refractivity contribution in [2.45, 2.75) is 45.1 Å². The summed E-state index contributed by atoms with van der Waals surface area (Å²) in [5.74, 6) is 0. The number of benzene rings is 1. The van der Waals surface area contributed by atoms with Gasteiger partial charge in [-0.25, -0.2) is 5.11 Å². The Bertz CT molecular complexity index is 268. The van der Waals surface area contributed by atoms with E-state index < -0.39 is 6.10 Å². The van der Waals surface area contributed by atoms with Crippen molar-refractivity contribution in [3.05, 3.63) is 34.9 Å². The topological polar surface area (TPSA) is 19.9 Å². The molecule has 0 spiro atoms. The average Bonchev–Trinajstić information content (AvgIpc) is 2.25. The van der Waals surface area contributed by atoms with E-state index in [0.29, 0.717) is 5.02 Å². The standard InChI is InChI=1S/C13H18ClO/c1-2-3-4-5-6-13(15)11-7-9-12(14)10-8-11/h7-10,13H,2-6H2,1H3. The van der Waals surface area contributed by atoms with Crippen molar-refractivity contribution < 1.29 is 5.11 Å². The molecule has 0 fully saturated rings. The molecule has 0 N–H and O–H groups in total. The summed E-state index contributed by atoms with van der Waals surface area (Å²) in [6.07, 6.45) is 4.80. The summed E-state index contributed by atoms with van der Waals surface area (Å²) in [7, 11) is 0. The van der Waals surface area contributed by atoms with Crippen molar-refractivity contribution in [3.63, 3.8) is 0 Å². The van der Waals surface area contributed by atoms with Crippen molar-refractivity contribution in [2.24, 2.45) is 0 Å². The Kier molecular flexibility index (Phi) is 5.74. The van der Waals surface area contributed by atoms with Crippen LogP contribution in [0, 0.1) is 0 Å². The van der Waals surface area contributed by atoms with E-state index in [-0.39, 0.29) is 0 Å². The summed E-state index contributed by atoms with van der Waals surface area (Å²) in [6.45, 7) is 2.17. The fraction of sp³-hybridized carbons (Fsp3) is 0.538. The molecule has 1 radical (unpaired) electrons. The fourth-order valence-electron chi connectivity index (χ4n) is 1.60. The molecule has 83 valence electrons. The summed E-state index contributed by atoms with van der Waals surface area (Å²) in [4.78, 5) is 0. The average molecular weight is 226 g/mol. The third-order valence-electron chi connectivity index (χ3n) is 2.56. The first-order valence-corrected chi connectivity index (χ1v) is 6.03. The van der Waals surface area contributed by atoms with Gasteiger partial charge in [0.2, 0.25) is 0 Å². The highest BCUT2D eigenvalue weighted by atomic mass is 35.5. The van der Waals surface area contributed by atoms with Crippen LogP contribution in [0.25, 0.3) is 0 Å². The molecule has 0 aliphatic carbocycles. The maximum atomic E-state index is 11.8. The molecule has 0 saturated heterocycles. The van der Waals surface area contributed by atoms with Crippen LogP contribution in [0.3, 0.4) is 0 Å². The molecule has 1 atom stereocenters. The molecule has 15 heavy (non-hydrogen) atoms. The molecule has 0 bridgehead atoms. The lowest BCUT2D eigenvalue weighted by Gasteiger charge is -2.08. The predicted octanol–water partition coefficient (Wildman–Crippen LogP) is 4.78. The summed E-state index contributed by atoms with van der Waals surface area (Å²) < 4.78 is 0. The molecule has 0 saturated carbocycles. The zero-order chi connectivity index (χ0) is 11.1. The maximum Gasteiger partial charge on any atom is 0.118 e. The first-order valence-electron chi connectivity index (χ1n) is 5.65. The van der Waals surface area contributed by atoms with Crippen LogP contribution in [0.5, 0.6) is 0 Å². The van der Waals surface area contributed by atoms with Crippen molar-refractivity contribution >= 4 is 11.6 Å². The summed E-state index contributed by atoms with van der Waals surface area (Å²) in [5, 5.41) is 12.5. The highest BCUT2D eigenvalue weighted by Crippen LogP contribution is 2.22. The van der Waals surface area contributed by atoms with E-state index in [1.807, 2.05) is 12.1 Å². The van der Waals surface area contributed by atoms with E-state index in [1.165, 1.54) is 19.3 Å². The van der Waals surface area contributed by atoms with Crippen LogP contribution in [0.2, 0.25) is 5.02 Å². The fourth-order valence-corrected chi connectivity index (χ4v) is 1.73. The van der Waals surface area contributed by atoms with E-state index in [1.54, 1.807) is 12.1 Å². The van der Waals surface area contributed by atoms with Crippen LogP contribution < -0.4 is 0 Å². The molecular formula is C13H18ClO. The summed E-state index contributed by atoms with van der Waals surface area (Å²) in [5.41, 5.74) is 0.857. The molecule has 0 heterocycles. The quantitative estimate of drug-likeness (QED) is 0.621. The smallest absolute Gasteiger partial charge is 0.118 e. The van der Waals surface area contributed by atoms with E-state index in [9.17, 15) is 5.11 Å². The van der Waals surface area contributed by atoms with Crippen molar-refractivity contribution in [3.8, 4) is 0 Å². The van der Waals surface area contributed by atoms with E-state index in [0.717, 1.165) is 18.4 Å². The normalized spacial score (nSPS) is 12.7. The van der Waals surface area contributed by atoms with Crippen LogP contribution in [0.15, 0.2) is 24.3 Å². The Hall–Kier alpha value is -0.530. The largest absolute Gasteiger partial charge is 0.228 e. The van der Waals surface area contributed by atoms with Crippen molar-refractivity contribution in [1.29, 1.82) is 0 Å². The third kappa shape index (κ3) is 4.67. The zero-order valence-electron chi connectivity index (χ0n) is 9.21. The Morgan fingerprint density at radius 1 is 1.13 bits per heavy atom. The monoisotopic (exact) mass is 225 g/mol. The van der Waals surface area contributed by atoms with Gasteiger partial charge in [0.25, 0.3) is 0 Å². The minimum Gasteiger partial charge on any atom is -0.228 e. The number of unbranched alkanes of at least 4 members (excludes halogenated alkanes) is 3. The third-order valence-corrected chi connectivity index (χ3v) is 2.81. The Balaban J connectivity index is 2.33. The number of rotatable bonds is 6. The Labute approximate surface area is 97.1 Å². The van der Waals surface area contributed by atoms with Gasteiger partial charge < -0.3 is 0 Å². The van der Waals surface area contributed by atoms with Crippen LogP contribution in [-0.4, -0.2) is 0 Å². The summed E-state index contributed by atoms with van der Waals surface area (Å²) in [6, 6.07) is 7.24. The summed E-state index contributed by atoms with van der Waals surface area (Å²) >= 11 is 5.76. The molecule has 2 heteroatoms. The lowest BCUT2D eigenvalue weighted by Crippen LogP contribution is -1.95. The van der Waals surface area contributed by atoms with Gasteiger partial charge in [-0.05, 0) is 24.1 Å². The van der Waals surface area contributed by atoms with Gasteiger partial charge in [-0.3, -0.25) is 0 Å². The first kappa shape index (κ1) is 12.5. The van der Waals surface area contributed by atoms with Gasteiger partial charge in [-0.1, -0.05) is 56.3 Å². The van der Waals surface area contributed by atoms with Crippen LogP contribution in [-0.2, 0) is 5.11 Å². The predicted molar refractivity (Wildman–Crippen MR) is 63.6 cm³/mol.